The Morgan fingerprint density at radius 3 is 3.00 bits per heavy atom. The fourth-order valence-electron chi connectivity index (χ4n) is 1.39. The van der Waals surface area contributed by atoms with Gasteiger partial charge in [-0.15, -0.1) is 0 Å². The van der Waals surface area contributed by atoms with Crippen LogP contribution in [0, 0.1) is 0 Å². The molecule has 5 heteroatoms. The van der Waals surface area contributed by atoms with Gasteiger partial charge >= 0.3 is 0 Å². The molecule has 0 amide bonds. The summed E-state index contributed by atoms with van der Waals surface area (Å²) in [5, 5.41) is 2.96. The number of rotatable bonds is 3. The smallest absolute Gasteiger partial charge is 0.160 e. The Morgan fingerprint density at radius 1 is 1.40 bits per heavy atom. The summed E-state index contributed by atoms with van der Waals surface area (Å²) in [5.74, 6) is 1.60. The van der Waals surface area contributed by atoms with Gasteiger partial charge in [0.1, 0.15) is 11.5 Å². The summed E-state index contributed by atoms with van der Waals surface area (Å²) in [5.41, 5.74) is 0.786. The first-order chi connectivity index (χ1) is 7.35. The predicted molar refractivity (Wildman–Crippen MR) is 58.5 cm³/mol. The average Bonchev–Trinajstić information content (AvgIpc) is 2.77. The molecule has 0 spiro atoms. The molecule has 0 aliphatic carbocycles. The van der Waals surface area contributed by atoms with Crippen molar-refractivity contribution in [2.24, 2.45) is 0 Å². The molecule has 0 bridgehead atoms. The lowest BCUT2D eigenvalue weighted by Gasteiger charge is -2.04. The lowest BCUT2D eigenvalue weighted by molar-refractivity contribution is 0.767. The first-order valence-electron chi connectivity index (χ1n) is 4.86. The maximum absolute atomic E-state index is 4.39. The van der Waals surface area contributed by atoms with Gasteiger partial charge in [0, 0.05) is 26.0 Å². The number of hydrogen-bond donors (Lipinski definition) is 1. The number of aromatic nitrogens is 4. The van der Waals surface area contributed by atoms with E-state index in [0.717, 1.165) is 23.9 Å². The van der Waals surface area contributed by atoms with Crippen molar-refractivity contribution in [3.05, 3.63) is 24.8 Å². The molecule has 5 nitrogen and oxygen atoms in total. The van der Waals surface area contributed by atoms with Crippen LogP contribution in [-0.2, 0) is 6.54 Å². The summed E-state index contributed by atoms with van der Waals surface area (Å²) < 4.78 is 2.03. The number of nitrogens with one attached hydrogen (secondary N) is 1. The zero-order valence-corrected chi connectivity index (χ0v) is 8.81. The van der Waals surface area contributed by atoms with Crippen LogP contribution in [0.25, 0.3) is 11.5 Å². The van der Waals surface area contributed by atoms with E-state index < -0.39 is 0 Å². The maximum Gasteiger partial charge on any atom is 0.160 e. The monoisotopic (exact) mass is 203 g/mol. The van der Waals surface area contributed by atoms with E-state index in [1.807, 2.05) is 17.8 Å². The Hall–Kier alpha value is -1.91. The van der Waals surface area contributed by atoms with Gasteiger partial charge in [0.15, 0.2) is 5.82 Å². The minimum atomic E-state index is 0.748. The van der Waals surface area contributed by atoms with E-state index in [9.17, 15) is 0 Å². The summed E-state index contributed by atoms with van der Waals surface area (Å²) >= 11 is 0. The number of nitrogens with zero attached hydrogens (tertiary/aromatic N) is 4. The molecule has 0 aromatic carbocycles. The Labute approximate surface area is 88.2 Å². The van der Waals surface area contributed by atoms with Gasteiger partial charge in [0.25, 0.3) is 0 Å². The van der Waals surface area contributed by atoms with Crippen molar-refractivity contribution in [2.45, 2.75) is 13.5 Å². The number of anilines is 1. The van der Waals surface area contributed by atoms with E-state index in [0.29, 0.717) is 0 Å². The highest BCUT2D eigenvalue weighted by atomic mass is 15.1. The highest BCUT2D eigenvalue weighted by Crippen LogP contribution is 2.15. The summed E-state index contributed by atoms with van der Waals surface area (Å²) in [7, 11) is 1.82. The average molecular weight is 203 g/mol. The molecule has 0 fully saturated rings. The molecule has 1 N–H and O–H groups in total. The number of imidazole rings is 1. The molecule has 0 aliphatic rings. The molecule has 78 valence electrons. The van der Waals surface area contributed by atoms with Crippen LogP contribution in [0.5, 0.6) is 0 Å². The van der Waals surface area contributed by atoms with Crippen LogP contribution in [0.4, 0.5) is 5.82 Å². The molecule has 15 heavy (non-hydrogen) atoms. The second-order valence-electron chi connectivity index (χ2n) is 3.08. The Morgan fingerprint density at radius 2 is 2.27 bits per heavy atom. The maximum atomic E-state index is 4.39. The van der Waals surface area contributed by atoms with Gasteiger partial charge in [-0.25, -0.2) is 9.97 Å². The van der Waals surface area contributed by atoms with E-state index in [-0.39, 0.29) is 0 Å². The van der Waals surface area contributed by atoms with Crippen molar-refractivity contribution in [1.82, 2.24) is 19.5 Å². The SMILES string of the molecule is CCn1ccnc1-c1cncc(NC)n1. The van der Waals surface area contributed by atoms with Gasteiger partial charge in [0.2, 0.25) is 0 Å². The number of aryl methyl sites for hydroxylation is 1. The van der Waals surface area contributed by atoms with Crippen LogP contribution >= 0.6 is 0 Å². The second kappa shape index (κ2) is 4.08. The van der Waals surface area contributed by atoms with Crippen LogP contribution in [0.2, 0.25) is 0 Å². The Balaban J connectivity index is 2.44. The molecule has 2 heterocycles. The zero-order valence-electron chi connectivity index (χ0n) is 8.81. The van der Waals surface area contributed by atoms with Crippen molar-refractivity contribution >= 4 is 5.82 Å². The fourth-order valence-corrected chi connectivity index (χ4v) is 1.39. The van der Waals surface area contributed by atoms with E-state index in [2.05, 4.69) is 27.2 Å². The van der Waals surface area contributed by atoms with Crippen molar-refractivity contribution < 1.29 is 0 Å². The van der Waals surface area contributed by atoms with Crippen LogP contribution in [0.3, 0.4) is 0 Å². The van der Waals surface area contributed by atoms with E-state index in [4.69, 9.17) is 0 Å². The normalized spacial score (nSPS) is 10.3. The van der Waals surface area contributed by atoms with E-state index in [1.165, 1.54) is 0 Å². The summed E-state index contributed by atoms with van der Waals surface area (Å²) in [6.07, 6.45) is 7.10. The van der Waals surface area contributed by atoms with Crippen LogP contribution in [0.1, 0.15) is 6.92 Å². The molecule has 0 saturated heterocycles. The lowest BCUT2D eigenvalue weighted by Crippen LogP contribution is -2.00. The predicted octanol–water partition coefficient (Wildman–Crippen LogP) is 1.40. The molecular weight excluding hydrogens is 190 g/mol. The van der Waals surface area contributed by atoms with Crippen LogP contribution < -0.4 is 5.32 Å². The first-order valence-corrected chi connectivity index (χ1v) is 4.86. The summed E-state index contributed by atoms with van der Waals surface area (Å²) in [4.78, 5) is 12.8. The second-order valence-corrected chi connectivity index (χ2v) is 3.08. The topological polar surface area (TPSA) is 55.6 Å². The molecule has 0 unspecified atom stereocenters. The molecule has 0 aliphatic heterocycles. The zero-order chi connectivity index (χ0) is 10.7. The fraction of sp³-hybridized carbons (Fsp3) is 0.300. The molecule has 2 rings (SSSR count). The quantitative estimate of drug-likeness (QED) is 0.819. The minimum Gasteiger partial charge on any atom is -0.372 e. The molecular formula is C10H13N5. The largest absolute Gasteiger partial charge is 0.372 e. The Kier molecular flexibility index (Phi) is 2.62. The third-order valence-electron chi connectivity index (χ3n) is 2.18. The molecule has 2 aromatic rings. The minimum absolute atomic E-state index is 0.748. The lowest BCUT2D eigenvalue weighted by atomic mass is 10.4. The van der Waals surface area contributed by atoms with Crippen molar-refractivity contribution in [3.63, 3.8) is 0 Å². The van der Waals surface area contributed by atoms with Crippen molar-refractivity contribution in [2.75, 3.05) is 12.4 Å². The van der Waals surface area contributed by atoms with Crippen molar-refractivity contribution in [1.29, 1.82) is 0 Å². The molecule has 0 saturated carbocycles. The van der Waals surface area contributed by atoms with Gasteiger partial charge in [-0.1, -0.05) is 0 Å². The first kappa shape index (κ1) is 9.64. The third-order valence-corrected chi connectivity index (χ3v) is 2.18. The van der Waals surface area contributed by atoms with E-state index >= 15 is 0 Å². The highest BCUT2D eigenvalue weighted by Gasteiger charge is 2.06. The summed E-state index contributed by atoms with van der Waals surface area (Å²) in [6, 6.07) is 0. The highest BCUT2D eigenvalue weighted by molar-refractivity contribution is 5.51. The third kappa shape index (κ3) is 1.81. The van der Waals surface area contributed by atoms with E-state index in [1.54, 1.807) is 18.6 Å². The van der Waals surface area contributed by atoms with Gasteiger partial charge in [-0.3, -0.25) is 4.98 Å². The van der Waals surface area contributed by atoms with Gasteiger partial charge in [-0.2, -0.15) is 0 Å². The molecule has 0 radical (unpaired) electrons. The number of hydrogen-bond acceptors (Lipinski definition) is 4. The van der Waals surface area contributed by atoms with Crippen molar-refractivity contribution in [3.8, 4) is 11.5 Å². The van der Waals surface area contributed by atoms with Crippen LogP contribution in [0.15, 0.2) is 24.8 Å². The summed E-state index contributed by atoms with van der Waals surface area (Å²) in [6.45, 7) is 2.95. The van der Waals surface area contributed by atoms with Gasteiger partial charge in [-0.05, 0) is 6.92 Å². The van der Waals surface area contributed by atoms with Crippen LogP contribution in [-0.4, -0.2) is 26.6 Å². The standard InChI is InChI=1S/C10H13N5/c1-3-15-5-4-13-10(15)8-6-12-7-9(11-2)14-8/h4-7H,3H2,1-2H3,(H,11,14). The molecule has 0 atom stereocenters. The Bertz CT molecular complexity index is 449. The molecule has 2 aromatic heterocycles. The van der Waals surface area contributed by atoms with Gasteiger partial charge < -0.3 is 9.88 Å². The van der Waals surface area contributed by atoms with Gasteiger partial charge in [0.05, 0.1) is 12.4 Å².